The smallest absolute Gasteiger partial charge is 0.388 e. The lowest BCUT2D eigenvalue weighted by Crippen LogP contribution is -2.22. The Bertz CT molecular complexity index is 219. The van der Waals surface area contributed by atoms with Crippen molar-refractivity contribution in [3.8, 4) is 12.3 Å². The summed E-state index contributed by atoms with van der Waals surface area (Å²) >= 11 is 0. The minimum Gasteiger partial charge on any atom is -0.388 e. The average Bonchev–Trinajstić information content (AvgIpc) is 2.30. The Labute approximate surface area is 108 Å². The molecule has 0 fully saturated rings. The van der Waals surface area contributed by atoms with Crippen LogP contribution >= 0.6 is 8.77 Å². The molecule has 0 bridgehead atoms. The number of halogens is 2. The van der Waals surface area contributed by atoms with Crippen LogP contribution in [0.5, 0.6) is 0 Å². The number of aliphatic hydroxyl groups is 1. The van der Waals surface area contributed by atoms with Gasteiger partial charge in [-0.1, -0.05) is 6.08 Å². The van der Waals surface area contributed by atoms with Gasteiger partial charge < -0.3 is 19.5 Å². The molecule has 1 unspecified atom stereocenters. The first-order chi connectivity index (χ1) is 8.54. The zero-order chi connectivity index (χ0) is 14.2. The summed E-state index contributed by atoms with van der Waals surface area (Å²) < 4.78 is 30.2. The van der Waals surface area contributed by atoms with Gasteiger partial charge in [0, 0.05) is 6.42 Å². The highest BCUT2D eigenvalue weighted by Crippen LogP contribution is 2.31. The van der Waals surface area contributed by atoms with Crippen LogP contribution in [0.1, 0.15) is 12.8 Å². The lowest BCUT2D eigenvalue weighted by Gasteiger charge is -2.10. The predicted octanol–water partition coefficient (Wildman–Crippen LogP) is 2.12. The molecule has 0 amide bonds. The molecule has 0 aliphatic rings. The van der Waals surface area contributed by atoms with Crippen molar-refractivity contribution in [3.63, 3.8) is 0 Å². The molecule has 0 aliphatic carbocycles. The highest BCUT2D eigenvalue weighted by atomic mass is 31.2. The van der Waals surface area contributed by atoms with Gasteiger partial charge in [0.1, 0.15) is 6.10 Å². The number of ether oxygens (including phenoxy) is 2. The minimum absolute atomic E-state index is 0.274. The fourth-order valence-corrected chi connectivity index (χ4v) is 0.785. The molecule has 0 aliphatic heterocycles. The number of hydrogen-bond acceptors (Lipinski definition) is 4. The van der Waals surface area contributed by atoms with Crippen molar-refractivity contribution in [1.29, 1.82) is 0 Å². The van der Waals surface area contributed by atoms with Gasteiger partial charge in [0.25, 0.3) is 0 Å². The molecule has 0 saturated heterocycles. The molecular weight excluding hydrogens is 265 g/mol. The second-order valence-electron chi connectivity index (χ2n) is 3.05. The van der Waals surface area contributed by atoms with Crippen molar-refractivity contribution in [2.24, 2.45) is 0 Å². The summed E-state index contributed by atoms with van der Waals surface area (Å²) in [5.41, 5.74) is 0. The van der Waals surface area contributed by atoms with E-state index in [1.165, 1.54) is 0 Å². The van der Waals surface area contributed by atoms with Crippen LogP contribution in [0.3, 0.4) is 0 Å². The Morgan fingerprint density at radius 3 is 2.28 bits per heavy atom. The van der Waals surface area contributed by atoms with E-state index in [1.54, 1.807) is 6.08 Å². The molecule has 4 nitrogen and oxygen atoms in total. The van der Waals surface area contributed by atoms with Crippen molar-refractivity contribution < 1.29 is 27.9 Å². The lowest BCUT2D eigenvalue weighted by molar-refractivity contribution is -0.0166. The van der Waals surface area contributed by atoms with Crippen LogP contribution in [-0.2, 0) is 9.47 Å². The summed E-state index contributed by atoms with van der Waals surface area (Å²) in [6, 6.07) is 0. The van der Waals surface area contributed by atoms with E-state index in [1.807, 2.05) is 0 Å². The van der Waals surface area contributed by atoms with Crippen molar-refractivity contribution >= 4 is 8.77 Å². The van der Waals surface area contributed by atoms with Gasteiger partial charge in [0.2, 0.25) is 0 Å². The summed E-state index contributed by atoms with van der Waals surface area (Å²) in [5, 5.41) is 9.32. The maximum atomic E-state index is 9.95. The van der Waals surface area contributed by atoms with Crippen LogP contribution in [0.15, 0.2) is 12.7 Å². The monoisotopic (exact) mass is 284 g/mol. The quantitative estimate of drug-likeness (QED) is 0.295. The summed E-state index contributed by atoms with van der Waals surface area (Å²) in [6.45, 7) is 5.21. The molecule has 7 heteroatoms. The summed E-state index contributed by atoms with van der Waals surface area (Å²) in [4.78, 5) is 6.79. The molecule has 0 aromatic rings. The maximum Gasteiger partial charge on any atom is 0.412 e. The Hall–Kier alpha value is -0.570. The van der Waals surface area contributed by atoms with E-state index in [2.05, 4.69) is 12.5 Å². The molecule has 2 N–H and O–H groups in total. The fraction of sp³-hybridized carbons (Fsp3) is 0.636. The molecule has 0 aromatic heterocycles. The summed E-state index contributed by atoms with van der Waals surface area (Å²) in [7, 11) is -3.62. The van der Waals surface area contributed by atoms with E-state index in [4.69, 9.17) is 20.8 Å². The number of terminal acetylenes is 1. The zero-order valence-electron chi connectivity index (χ0n) is 10.1. The van der Waals surface area contributed by atoms with E-state index >= 15 is 0 Å². The minimum atomic E-state index is -3.62. The van der Waals surface area contributed by atoms with Crippen molar-refractivity contribution in [2.45, 2.75) is 18.9 Å². The molecule has 1 atom stereocenters. The van der Waals surface area contributed by atoms with Crippen LogP contribution in [0, 0.1) is 12.3 Å². The number of rotatable bonds is 9. The number of hydrogen-bond donors (Lipinski definition) is 2. The third-order valence-electron chi connectivity index (χ3n) is 1.48. The fourth-order valence-electron chi connectivity index (χ4n) is 0.785. The van der Waals surface area contributed by atoms with Crippen LogP contribution in [0.25, 0.3) is 0 Å². The highest BCUT2D eigenvalue weighted by Gasteiger charge is 2.03. The molecule has 0 spiro atoms. The van der Waals surface area contributed by atoms with Crippen LogP contribution in [0.4, 0.5) is 8.39 Å². The molecule has 0 rings (SSSR count). The Balaban J connectivity index is 0. The molecule has 18 heavy (non-hydrogen) atoms. The van der Waals surface area contributed by atoms with Gasteiger partial charge in [0.15, 0.2) is 0 Å². The van der Waals surface area contributed by atoms with E-state index in [-0.39, 0.29) is 6.61 Å². The van der Waals surface area contributed by atoms with E-state index in [9.17, 15) is 13.5 Å². The normalized spacial score (nSPS) is 11.3. The van der Waals surface area contributed by atoms with Gasteiger partial charge in [-0.25, -0.2) is 0 Å². The van der Waals surface area contributed by atoms with Gasteiger partial charge >= 0.3 is 8.77 Å². The van der Waals surface area contributed by atoms with Crippen molar-refractivity contribution in [1.82, 2.24) is 0 Å². The van der Waals surface area contributed by atoms with E-state index in [0.717, 1.165) is 6.42 Å². The summed E-state index contributed by atoms with van der Waals surface area (Å²) in [6.07, 6.45) is 7.60. The Morgan fingerprint density at radius 1 is 1.33 bits per heavy atom. The second kappa shape index (κ2) is 16.4. The van der Waals surface area contributed by atoms with Gasteiger partial charge in [-0.3, -0.25) is 0 Å². The molecule has 0 heterocycles. The van der Waals surface area contributed by atoms with E-state index < -0.39 is 14.9 Å². The van der Waals surface area contributed by atoms with Crippen LogP contribution in [0.2, 0.25) is 0 Å². The molecule has 0 aromatic carbocycles. The largest absolute Gasteiger partial charge is 0.412 e. The Kier molecular flexibility index (Phi) is 18.0. The first-order valence-corrected chi connectivity index (χ1v) is 6.30. The van der Waals surface area contributed by atoms with Crippen molar-refractivity contribution in [2.75, 3.05) is 26.4 Å². The highest BCUT2D eigenvalue weighted by molar-refractivity contribution is 7.39. The van der Waals surface area contributed by atoms with Gasteiger partial charge in [-0.15, -0.1) is 18.9 Å². The maximum absolute atomic E-state index is 9.95. The van der Waals surface area contributed by atoms with Crippen LogP contribution in [-0.4, -0.2) is 42.5 Å². The number of aliphatic hydroxyl groups excluding tert-OH is 1. The van der Waals surface area contributed by atoms with Crippen LogP contribution < -0.4 is 0 Å². The molecule has 106 valence electrons. The van der Waals surface area contributed by atoms with Gasteiger partial charge in [0.05, 0.1) is 26.4 Å². The third-order valence-corrected chi connectivity index (χ3v) is 1.48. The SMILES string of the molecule is C#CCCOCC(O)COCCC=C.OP(F)F. The average molecular weight is 284 g/mol. The van der Waals surface area contributed by atoms with Gasteiger partial charge in [-0.2, -0.15) is 8.39 Å². The first-order valence-electron chi connectivity index (χ1n) is 5.23. The predicted molar refractivity (Wildman–Crippen MR) is 67.3 cm³/mol. The third kappa shape index (κ3) is 24.6. The molecule has 0 saturated carbocycles. The van der Waals surface area contributed by atoms with Crippen molar-refractivity contribution in [3.05, 3.63) is 12.7 Å². The topological polar surface area (TPSA) is 58.9 Å². The van der Waals surface area contributed by atoms with Gasteiger partial charge in [-0.05, 0) is 6.42 Å². The lowest BCUT2D eigenvalue weighted by atomic mass is 10.4. The summed E-state index contributed by atoms with van der Waals surface area (Å²) in [5.74, 6) is 2.45. The second-order valence-corrected chi connectivity index (χ2v) is 3.48. The standard InChI is InChI=1S/C11H18O3.F2HOP/c1-3-5-7-13-9-11(12)10-14-8-6-4-2;1-4(2)3/h1,4,11-12H,2,5-10H2;3H. The molecule has 0 radical (unpaired) electrons. The van der Waals surface area contributed by atoms with E-state index in [0.29, 0.717) is 26.2 Å². The Morgan fingerprint density at radius 2 is 1.83 bits per heavy atom. The molecular formula is C11H19F2O4P. The first kappa shape index (κ1) is 19.8. The zero-order valence-corrected chi connectivity index (χ0v) is 11.0.